The van der Waals surface area contributed by atoms with Crippen molar-refractivity contribution >= 4 is 29.2 Å². The van der Waals surface area contributed by atoms with Crippen molar-refractivity contribution in [3.8, 4) is 0 Å². The molecule has 0 saturated carbocycles. The fourth-order valence-corrected chi connectivity index (χ4v) is 2.34. The molecule has 0 aliphatic carbocycles. The lowest BCUT2D eigenvalue weighted by molar-refractivity contribution is -0.140. The fraction of sp³-hybridized carbons (Fsp3) is 0.357. The van der Waals surface area contributed by atoms with Crippen molar-refractivity contribution in [1.29, 1.82) is 0 Å². The number of amides is 2. The summed E-state index contributed by atoms with van der Waals surface area (Å²) >= 11 is 5.79. The van der Waals surface area contributed by atoms with Gasteiger partial charge in [-0.15, -0.1) is 0 Å². The van der Waals surface area contributed by atoms with Crippen LogP contribution >= 0.6 is 11.6 Å². The first kappa shape index (κ1) is 14.7. The minimum atomic E-state index is -0.554. The monoisotopic (exact) mass is 294 g/mol. The highest BCUT2D eigenvalue weighted by Crippen LogP contribution is 2.16. The van der Waals surface area contributed by atoms with Crippen LogP contribution in [0.1, 0.15) is 24.2 Å². The SMILES string of the molecule is CC1C(=O)NC(=O)CN1C(C)C(=O)c1ccc(Cl)cc1. The van der Waals surface area contributed by atoms with Gasteiger partial charge in [0.05, 0.1) is 18.6 Å². The van der Waals surface area contributed by atoms with E-state index in [1.807, 2.05) is 0 Å². The lowest BCUT2D eigenvalue weighted by Gasteiger charge is -2.35. The molecule has 1 aromatic rings. The number of ketones is 1. The molecule has 0 aromatic heterocycles. The predicted molar refractivity (Wildman–Crippen MR) is 74.6 cm³/mol. The van der Waals surface area contributed by atoms with Crippen molar-refractivity contribution in [3.63, 3.8) is 0 Å². The zero-order valence-corrected chi connectivity index (χ0v) is 12.0. The highest BCUT2D eigenvalue weighted by molar-refractivity contribution is 6.30. The van der Waals surface area contributed by atoms with Crippen molar-refractivity contribution in [1.82, 2.24) is 10.2 Å². The standard InChI is InChI=1S/C14H15ClN2O3/c1-8(13(19)10-3-5-11(15)6-4-10)17-7-12(18)16-14(20)9(17)2/h3-6,8-9H,7H2,1-2H3,(H,16,18,20). The number of benzene rings is 1. The van der Waals surface area contributed by atoms with Gasteiger partial charge < -0.3 is 0 Å². The Balaban J connectivity index is 2.19. The Morgan fingerprint density at radius 3 is 2.55 bits per heavy atom. The highest BCUT2D eigenvalue weighted by atomic mass is 35.5. The molecule has 1 N–H and O–H groups in total. The quantitative estimate of drug-likeness (QED) is 0.673. The molecule has 0 spiro atoms. The molecule has 106 valence electrons. The fourth-order valence-electron chi connectivity index (χ4n) is 2.21. The van der Waals surface area contributed by atoms with Gasteiger partial charge in [0.15, 0.2) is 5.78 Å². The van der Waals surface area contributed by atoms with Gasteiger partial charge in [-0.2, -0.15) is 0 Å². The van der Waals surface area contributed by atoms with Crippen molar-refractivity contribution < 1.29 is 14.4 Å². The largest absolute Gasteiger partial charge is 0.294 e. The number of carbonyl (C=O) groups excluding carboxylic acids is 3. The molecule has 20 heavy (non-hydrogen) atoms. The molecule has 5 nitrogen and oxygen atoms in total. The zero-order chi connectivity index (χ0) is 14.9. The van der Waals surface area contributed by atoms with Crippen molar-refractivity contribution in [2.75, 3.05) is 6.54 Å². The third kappa shape index (κ3) is 2.89. The number of rotatable bonds is 3. The molecule has 2 unspecified atom stereocenters. The Bertz CT molecular complexity index is 556. The van der Waals surface area contributed by atoms with Crippen LogP contribution in [0.15, 0.2) is 24.3 Å². The van der Waals surface area contributed by atoms with Crippen LogP contribution in [0.3, 0.4) is 0 Å². The van der Waals surface area contributed by atoms with Crippen LogP contribution in [-0.4, -0.2) is 41.1 Å². The Labute approximate surface area is 121 Å². The van der Waals surface area contributed by atoms with Crippen LogP contribution in [0, 0.1) is 0 Å². The number of nitrogens with one attached hydrogen (secondary N) is 1. The minimum Gasteiger partial charge on any atom is -0.294 e. The molecule has 1 aromatic carbocycles. The van der Waals surface area contributed by atoms with E-state index >= 15 is 0 Å². The van der Waals surface area contributed by atoms with E-state index in [4.69, 9.17) is 11.6 Å². The molecule has 2 amide bonds. The van der Waals surface area contributed by atoms with Crippen LogP contribution in [0.4, 0.5) is 0 Å². The van der Waals surface area contributed by atoms with E-state index in [1.165, 1.54) is 0 Å². The maximum absolute atomic E-state index is 12.4. The highest BCUT2D eigenvalue weighted by Gasteiger charge is 2.35. The summed E-state index contributed by atoms with van der Waals surface area (Å²) in [5, 5.41) is 2.80. The first-order chi connectivity index (χ1) is 9.40. The molecule has 1 aliphatic rings. The average molecular weight is 295 g/mol. The van der Waals surface area contributed by atoms with Gasteiger partial charge in [0.25, 0.3) is 0 Å². The van der Waals surface area contributed by atoms with Gasteiger partial charge in [0.1, 0.15) is 0 Å². The summed E-state index contributed by atoms with van der Waals surface area (Å²) in [5.41, 5.74) is 0.507. The van der Waals surface area contributed by atoms with Crippen LogP contribution < -0.4 is 5.32 Å². The molecular weight excluding hydrogens is 280 g/mol. The maximum Gasteiger partial charge on any atom is 0.243 e. The van der Waals surface area contributed by atoms with Crippen molar-refractivity contribution in [3.05, 3.63) is 34.9 Å². The van der Waals surface area contributed by atoms with Crippen LogP contribution in [-0.2, 0) is 9.59 Å². The van der Waals surface area contributed by atoms with Gasteiger partial charge in [-0.05, 0) is 38.1 Å². The topological polar surface area (TPSA) is 66.5 Å². The number of hydrogen-bond acceptors (Lipinski definition) is 4. The van der Waals surface area contributed by atoms with E-state index in [9.17, 15) is 14.4 Å². The summed E-state index contributed by atoms with van der Waals surface area (Å²) in [6.07, 6.45) is 0. The maximum atomic E-state index is 12.4. The number of piperazine rings is 1. The second-order valence-electron chi connectivity index (χ2n) is 4.81. The van der Waals surface area contributed by atoms with Gasteiger partial charge in [0.2, 0.25) is 11.8 Å². The molecular formula is C14H15ClN2O3. The molecule has 1 aliphatic heterocycles. The van der Waals surface area contributed by atoms with E-state index in [-0.39, 0.29) is 24.1 Å². The number of hydrogen-bond donors (Lipinski definition) is 1. The van der Waals surface area contributed by atoms with Crippen molar-refractivity contribution in [2.45, 2.75) is 25.9 Å². The van der Waals surface area contributed by atoms with Crippen LogP contribution in [0.2, 0.25) is 5.02 Å². The Morgan fingerprint density at radius 2 is 1.95 bits per heavy atom. The Hall–Kier alpha value is -1.72. The number of imide groups is 1. The summed E-state index contributed by atoms with van der Waals surface area (Å²) < 4.78 is 0. The Morgan fingerprint density at radius 1 is 1.35 bits per heavy atom. The summed E-state index contributed by atoms with van der Waals surface area (Å²) in [4.78, 5) is 37.0. The second-order valence-corrected chi connectivity index (χ2v) is 5.24. The second kappa shape index (κ2) is 5.73. The first-order valence-corrected chi connectivity index (χ1v) is 6.67. The van der Waals surface area contributed by atoms with E-state index < -0.39 is 12.1 Å². The number of Topliss-reactive ketones (excluding diaryl/α,β-unsaturated/α-hetero) is 1. The normalized spacial score (nSPS) is 21.4. The average Bonchev–Trinajstić information content (AvgIpc) is 2.42. The molecule has 1 heterocycles. The van der Waals surface area contributed by atoms with Crippen molar-refractivity contribution in [2.24, 2.45) is 0 Å². The number of halogens is 1. The molecule has 6 heteroatoms. The van der Waals surface area contributed by atoms with Gasteiger partial charge >= 0.3 is 0 Å². The Kier molecular flexibility index (Phi) is 4.20. The zero-order valence-electron chi connectivity index (χ0n) is 11.2. The molecule has 0 radical (unpaired) electrons. The van der Waals surface area contributed by atoms with E-state index in [1.54, 1.807) is 43.0 Å². The lowest BCUT2D eigenvalue weighted by atomic mass is 10.0. The van der Waals surface area contributed by atoms with Crippen LogP contribution in [0.25, 0.3) is 0 Å². The summed E-state index contributed by atoms with van der Waals surface area (Å²) in [6.45, 7) is 3.40. The van der Waals surface area contributed by atoms with Gasteiger partial charge in [-0.25, -0.2) is 0 Å². The first-order valence-electron chi connectivity index (χ1n) is 6.29. The summed E-state index contributed by atoms with van der Waals surface area (Å²) in [5.74, 6) is -0.906. The molecule has 0 bridgehead atoms. The summed E-state index contributed by atoms with van der Waals surface area (Å²) in [6, 6.07) is 5.48. The van der Waals surface area contributed by atoms with E-state index in [0.717, 1.165) is 0 Å². The van der Waals surface area contributed by atoms with Crippen LogP contribution in [0.5, 0.6) is 0 Å². The van der Waals surface area contributed by atoms with Gasteiger partial charge in [-0.1, -0.05) is 11.6 Å². The third-order valence-electron chi connectivity index (χ3n) is 3.47. The lowest BCUT2D eigenvalue weighted by Crippen LogP contribution is -2.60. The minimum absolute atomic E-state index is 0.0351. The van der Waals surface area contributed by atoms with Gasteiger partial charge in [-0.3, -0.25) is 24.6 Å². The third-order valence-corrected chi connectivity index (χ3v) is 3.72. The van der Waals surface area contributed by atoms with Gasteiger partial charge in [0, 0.05) is 10.6 Å². The molecule has 1 fully saturated rings. The smallest absolute Gasteiger partial charge is 0.243 e. The number of nitrogens with zero attached hydrogens (tertiary/aromatic N) is 1. The summed E-state index contributed by atoms with van der Waals surface area (Å²) in [7, 11) is 0. The van der Waals surface area contributed by atoms with E-state index in [0.29, 0.717) is 10.6 Å². The number of carbonyl (C=O) groups is 3. The molecule has 2 atom stereocenters. The molecule has 2 rings (SSSR count). The van der Waals surface area contributed by atoms with E-state index in [2.05, 4.69) is 5.32 Å². The molecule has 1 saturated heterocycles. The predicted octanol–water partition coefficient (Wildman–Crippen LogP) is 1.26.